The number of rotatable bonds is 3. The first-order chi connectivity index (χ1) is 9.08. The molecule has 0 saturated carbocycles. The predicted molar refractivity (Wildman–Crippen MR) is 78.5 cm³/mol. The molecule has 1 N–H and O–H groups in total. The van der Waals surface area contributed by atoms with Crippen molar-refractivity contribution >= 4 is 17.5 Å². The number of benzene rings is 2. The average Bonchev–Trinajstić information content (AvgIpc) is 2.39. The van der Waals surface area contributed by atoms with E-state index in [-0.39, 0.29) is 11.9 Å². The largest absolute Gasteiger partial charge is 0.345 e. The van der Waals surface area contributed by atoms with Crippen LogP contribution in [-0.4, -0.2) is 5.91 Å². The summed E-state index contributed by atoms with van der Waals surface area (Å²) in [7, 11) is 0. The van der Waals surface area contributed by atoms with Crippen LogP contribution in [0.4, 0.5) is 0 Å². The van der Waals surface area contributed by atoms with E-state index in [1.807, 2.05) is 62.4 Å². The van der Waals surface area contributed by atoms with Gasteiger partial charge in [-0.1, -0.05) is 47.5 Å². The van der Waals surface area contributed by atoms with Crippen LogP contribution in [0.2, 0.25) is 5.02 Å². The van der Waals surface area contributed by atoms with Crippen LogP contribution in [0, 0.1) is 6.92 Å². The van der Waals surface area contributed by atoms with E-state index in [1.165, 1.54) is 0 Å². The van der Waals surface area contributed by atoms with E-state index in [0.717, 1.165) is 11.1 Å². The highest BCUT2D eigenvalue weighted by Crippen LogP contribution is 2.22. The Morgan fingerprint density at radius 1 is 1.16 bits per heavy atom. The smallest absolute Gasteiger partial charge is 0.251 e. The van der Waals surface area contributed by atoms with Gasteiger partial charge in [-0.05, 0) is 37.6 Å². The van der Waals surface area contributed by atoms with Crippen molar-refractivity contribution in [2.75, 3.05) is 0 Å². The van der Waals surface area contributed by atoms with Crippen LogP contribution in [0.15, 0.2) is 48.5 Å². The molecule has 0 bridgehead atoms. The number of carbonyl (C=O) groups excluding carboxylic acids is 1. The maximum absolute atomic E-state index is 12.1. The molecule has 1 unspecified atom stereocenters. The van der Waals surface area contributed by atoms with Gasteiger partial charge in [-0.15, -0.1) is 0 Å². The lowest BCUT2D eigenvalue weighted by Crippen LogP contribution is -2.26. The van der Waals surface area contributed by atoms with E-state index in [2.05, 4.69) is 5.32 Å². The molecule has 2 aromatic carbocycles. The third kappa shape index (κ3) is 3.36. The number of hydrogen-bond donors (Lipinski definition) is 1. The molecule has 3 heteroatoms. The minimum absolute atomic E-state index is 0.0869. The normalized spacial score (nSPS) is 11.9. The molecule has 0 fully saturated rings. The van der Waals surface area contributed by atoms with Crippen molar-refractivity contribution in [3.63, 3.8) is 0 Å². The molecule has 0 saturated heterocycles. The fraction of sp³-hybridized carbons (Fsp3) is 0.188. The number of hydrogen-bond acceptors (Lipinski definition) is 1. The zero-order valence-electron chi connectivity index (χ0n) is 11.0. The van der Waals surface area contributed by atoms with Crippen LogP contribution in [0.25, 0.3) is 0 Å². The number of carbonyl (C=O) groups is 1. The van der Waals surface area contributed by atoms with E-state index in [9.17, 15) is 4.79 Å². The van der Waals surface area contributed by atoms with Gasteiger partial charge in [-0.25, -0.2) is 0 Å². The van der Waals surface area contributed by atoms with Crippen LogP contribution >= 0.6 is 11.6 Å². The van der Waals surface area contributed by atoms with E-state index in [1.54, 1.807) is 0 Å². The van der Waals surface area contributed by atoms with Crippen LogP contribution in [0.3, 0.4) is 0 Å². The fourth-order valence-corrected chi connectivity index (χ4v) is 2.27. The highest BCUT2D eigenvalue weighted by Gasteiger charge is 2.13. The van der Waals surface area contributed by atoms with Gasteiger partial charge < -0.3 is 5.32 Å². The van der Waals surface area contributed by atoms with Crippen molar-refractivity contribution in [3.8, 4) is 0 Å². The second kappa shape index (κ2) is 5.89. The van der Waals surface area contributed by atoms with Gasteiger partial charge in [0.2, 0.25) is 0 Å². The van der Waals surface area contributed by atoms with Crippen molar-refractivity contribution in [3.05, 3.63) is 70.2 Å². The summed E-state index contributed by atoms with van der Waals surface area (Å²) in [6.07, 6.45) is 0. The van der Waals surface area contributed by atoms with Gasteiger partial charge in [0, 0.05) is 10.6 Å². The molecule has 0 aliphatic heterocycles. The van der Waals surface area contributed by atoms with E-state index in [0.29, 0.717) is 10.6 Å². The molecule has 0 spiro atoms. The lowest BCUT2D eigenvalue weighted by Gasteiger charge is -2.15. The van der Waals surface area contributed by atoms with Crippen LogP contribution in [0.5, 0.6) is 0 Å². The Bertz CT molecular complexity index is 595. The van der Waals surface area contributed by atoms with Crippen LogP contribution < -0.4 is 5.32 Å². The van der Waals surface area contributed by atoms with Gasteiger partial charge in [-0.3, -0.25) is 4.79 Å². The molecule has 0 radical (unpaired) electrons. The summed E-state index contributed by atoms with van der Waals surface area (Å²) in [5.41, 5.74) is 2.65. The van der Waals surface area contributed by atoms with Crippen molar-refractivity contribution < 1.29 is 4.79 Å². The highest BCUT2D eigenvalue weighted by atomic mass is 35.5. The third-order valence-corrected chi connectivity index (χ3v) is 3.34. The Kier molecular flexibility index (Phi) is 4.23. The maximum Gasteiger partial charge on any atom is 0.251 e. The third-order valence-electron chi connectivity index (χ3n) is 3.00. The molecule has 2 rings (SSSR count). The molecule has 0 aliphatic carbocycles. The van der Waals surface area contributed by atoms with Gasteiger partial charge >= 0.3 is 0 Å². The summed E-state index contributed by atoms with van der Waals surface area (Å²) in [5.74, 6) is -0.0869. The minimum atomic E-state index is -0.123. The van der Waals surface area contributed by atoms with Crippen molar-refractivity contribution in [2.24, 2.45) is 0 Å². The van der Waals surface area contributed by atoms with Crippen LogP contribution in [-0.2, 0) is 0 Å². The Labute approximate surface area is 118 Å². The Morgan fingerprint density at radius 3 is 2.58 bits per heavy atom. The highest BCUT2D eigenvalue weighted by molar-refractivity contribution is 6.31. The van der Waals surface area contributed by atoms with Gasteiger partial charge in [0.05, 0.1) is 6.04 Å². The summed E-state index contributed by atoms with van der Waals surface area (Å²) in [4.78, 5) is 12.1. The first kappa shape index (κ1) is 13.6. The summed E-state index contributed by atoms with van der Waals surface area (Å²) in [5, 5.41) is 3.62. The molecule has 1 amide bonds. The van der Waals surface area contributed by atoms with Gasteiger partial charge in [0.1, 0.15) is 0 Å². The van der Waals surface area contributed by atoms with Gasteiger partial charge in [-0.2, -0.15) is 0 Å². The number of halogens is 1. The van der Waals surface area contributed by atoms with Crippen LogP contribution in [0.1, 0.15) is 34.5 Å². The standard InChI is InChI=1S/C16H16ClNO/c1-11-6-5-7-13(10-11)16(19)18-12(2)14-8-3-4-9-15(14)17/h3-10,12H,1-2H3,(H,18,19). The van der Waals surface area contributed by atoms with Crippen molar-refractivity contribution in [2.45, 2.75) is 19.9 Å². The first-order valence-corrected chi connectivity index (χ1v) is 6.57. The molecule has 0 aliphatic rings. The maximum atomic E-state index is 12.1. The second-order valence-corrected chi connectivity index (χ2v) is 4.99. The lowest BCUT2D eigenvalue weighted by molar-refractivity contribution is 0.0940. The number of aryl methyl sites for hydroxylation is 1. The zero-order chi connectivity index (χ0) is 13.8. The lowest BCUT2D eigenvalue weighted by atomic mass is 10.1. The molecule has 19 heavy (non-hydrogen) atoms. The Morgan fingerprint density at radius 2 is 1.89 bits per heavy atom. The summed E-state index contributed by atoms with van der Waals surface area (Å²) in [6.45, 7) is 3.89. The topological polar surface area (TPSA) is 29.1 Å². The second-order valence-electron chi connectivity index (χ2n) is 4.59. The fourth-order valence-electron chi connectivity index (χ4n) is 1.97. The minimum Gasteiger partial charge on any atom is -0.345 e. The van der Waals surface area contributed by atoms with E-state index >= 15 is 0 Å². The summed E-state index contributed by atoms with van der Waals surface area (Å²) in [6, 6.07) is 14.9. The molecule has 0 aromatic heterocycles. The summed E-state index contributed by atoms with van der Waals surface area (Å²) < 4.78 is 0. The van der Waals surface area contributed by atoms with Crippen molar-refractivity contribution in [1.29, 1.82) is 0 Å². The predicted octanol–water partition coefficient (Wildman–Crippen LogP) is 4.14. The quantitative estimate of drug-likeness (QED) is 0.895. The Hall–Kier alpha value is -1.80. The molecular formula is C16H16ClNO. The van der Waals surface area contributed by atoms with Crippen molar-refractivity contribution in [1.82, 2.24) is 5.32 Å². The zero-order valence-corrected chi connectivity index (χ0v) is 11.7. The SMILES string of the molecule is Cc1cccc(C(=O)NC(C)c2ccccc2Cl)c1. The summed E-state index contributed by atoms with van der Waals surface area (Å²) >= 11 is 6.12. The number of amides is 1. The van der Waals surface area contributed by atoms with E-state index < -0.39 is 0 Å². The first-order valence-electron chi connectivity index (χ1n) is 6.20. The van der Waals surface area contributed by atoms with Gasteiger partial charge in [0.25, 0.3) is 5.91 Å². The Balaban J connectivity index is 2.13. The molecule has 0 heterocycles. The van der Waals surface area contributed by atoms with E-state index in [4.69, 9.17) is 11.6 Å². The molecule has 98 valence electrons. The van der Waals surface area contributed by atoms with Gasteiger partial charge in [0.15, 0.2) is 0 Å². The molecular weight excluding hydrogens is 258 g/mol. The number of nitrogens with one attached hydrogen (secondary N) is 1. The molecule has 2 nitrogen and oxygen atoms in total. The molecule has 1 atom stereocenters. The monoisotopic (exact) mass is 273 g/mol. The molecule has 2 aromatic rings. The average molecular weight is 274 g/mol.